The van der Waals surface area contributed by atoms with Crippen LogP contribution in [0.4, 0.5) is 5.82 Å². The zero-order valence-electron chi connectivity index (χ0n) is 19.2. The minimum Gasteiger partial charge on any atom is -0.499 e. The molecule has 0 atom stereocenters. The molecule has 11 nitrogen and oxygen atoms in total. The summed E-state index contributed by atoms with van der Waals surface area (Å²) in [5.41, 5.74) is 11.8. The number of rotatable bonds is 4. The van der Waals surface area contributed by atoms with Gasteiger partial charge < -0.3 is 31.3 Å². The summed E-state index contributed by atoms with van der Waals surface area (Å²) in [7, 11) is 0. The molecule has 4 heterocycles. The summed E-state index contributed by atoms with van der Waals surface area (Å²) in [6, 6.07) is 3.46. The summed E-state index contributed by atoms with van der Waals surface area (Å²) in [5.74, 6) is 1.22. The molecule has 36 heavy (non-hydrogen) atoms. The van der Waals surface area contributed by atoms with Gasteiger partial charge >= 0.3 is 0 Å². The third kappa shape index (κ3) is 16.5. The Hall–Kier alpha value is -2.21. The molecule has 0 saturated carbocycles. The van der Waals surface area contributed by atoms with Crippen LogP contribution in [0.15, 0.2) is 46.3 Å². The largest absolute Gasteiger partial charge is 0.499 e. The number of thiophene rings is 1. The van der Waals surface area contributed by atoms with Crippen molar-refractivity contribution in [3.05, 3.63) is 83.6 Å². The van der Waals surface area contributed by atoms with Crippen molar-refractivity contribution < 1.29 is 19.9 Å². The topological polar surface area (TPSA) is 175 Å². The quantitative estimate of drug-likeness (QED) is 0.0743. The van der Waals surface area contributed by atoms with Gasteiger partial charge in [-0.1, -0.05) is 11.3 Å². The van der Waals surface area contributed by atoms with Gasteiger partial charge in [-0.15, -0.1) is 58.4 Å². The predicted molar refractivity (Wildman–Crippen MR) is 154 cm³/mol. The van der Waals surface area contributed by atoms with Gasteiger partial charge in [0.15, 0.2) is 17.3 Å². The molecule has 0 bridgehead atoms. The second-order valence-electron chi connectivity index (χ2n) is 6.01. The normalized spacial score (nSPS) is 8.81. The first kappa shape index (κ1) is 35.9. The average Bonchev–Trinajstić information content (AvgIpc) is 3.59. The number of aromatic nitrogens is 4. The second-order valence-corrected chi connectivity index (χ2v) is 8.63. The number of aryl methyl sites for hydroxylation is 1. The molecular weight excluding hydrogens is 588 g/mol. The Morgan fingerprint density at radius 2 is 1.89 bits per heavy atom. The number of thiazole rings is 2. The summed E-state index contributed by atoms with van der Waals surface area (Å²) >= 11 is 11.0. The Balaban J connectivity index is 0. The third-order valence-electron chi connectivity index (χ3n) is 3.71. The number of aromatic hydroxyl groups is 1. The number of halogens is 1. The van der Waals surface area contributed by atoms with E-state index in [0.717, 1.165) is 11.3 Å². The van der Waals surface area contributed by atoms with E-state index in [1.54, 1.807) is 52.7 Å². The third-order valence-corrected chi connectivity index (χ3v) is 6.04. The van der Waals surface area contributed by atoms with Crippen LogP contribution in [-0.2, 0) is 13.0 Å². The van der Waals surface area contributed by atoms with Crippen molar-refractivity contribution >= 4 is 75.6 Å². The number of aliphatic hydroxyl groups is 1. The average molecular weight is 615 g/mol. The van der Waals surface area contributed by atoms with E-state index in [9.17, 15) is 0 Å². The predicted octanol–water partition coefficient (Wildman–Crippen LogP) is 4.15. The first-order chi connectivity index (χ1) is 16.7. The molecule has 200 valence electrons. The smallest absolute Gasteiger partial charge is 0.225 e. The molecule has 0 amide bonds. The molecule has 0 fully saturated rings. The highest BCUT2D eigenvalue weighted by atomic mass is 35.5. The number of hydrogen-bond donors (Lipinski definition) is 5. The van der Waals surface area contributed by atoms with Gasteiger partial charge in [-0.2, -0.15) is 4.57 Å². The lowest BCUT2D eigenvalue weighted by atomic mass is 10.2. The number of thiol groups is 2. The van der Waals surface area contributed by atoms with E-state index in [-0.39, 0.29) is 19.0 Å². The Kier molecular flexibility index (Phi) is 22.0. The minimum absolute atomic E-state index is 0. The molecule has 0 saturated heterocycles. The van der Waals surface area contributed by atoms with Crippen LogP contribution >= 0.6 is 69.7 Å². The van der Waals surface area contributed by atoms with Gasteiger partial charge in [-0.3, -0.25) is 4.98 Å². The minimum atomic E-state index is -1.75. The van der Waals surface area contributed by atoms with Crippen molar-refractivity contribution in [1.82, 2.24) is 15.0 Å². The van der Waals surface area contributed by atoms with E-state index in [1.165, 1.54) is 16.2 Å². The maximum atomic E-state index is 8.98. The molecule has 4 rings (SSSR count). The lowest BCUT2D eigenvalue weighted by Gasteiger charge is -2.01. The number of aliphatic hydroxyl groups excluding tert-OH is 1. The van der Waals surface area contributed by atoms with E-state index in [2.05, 4.69) is 42.8 Å². The van der Waals surface area contributed by atoms with E-state index >= 15 is 0 Å². The number of hydrogen-bond acceptors (Lipinski definition) is 14. The van der Waals surface area contributed by atoms with Crippen LogP contribution in [0.1, 0.15) is 22.0 Å². The summed E-state index contributed by atoms with van der Waals surface area (Å²) in [4.78, 5) is 21.5. The van der Waals surface area contributed by atoms with E-state index < -0.39 is 5.09 Å². The van der Waals surface area contributed by atoms with Crippen molar-refractivity contribution in [2.75, 3.05) is 12.3 Å². The van der Waals surface area contributed by atoms with Gasteiger partial charge in [0.25, 0.3) is 0 Å². The Morgan fingerprint density at radius 1 is 1.22 bits per heavy atom. The van der Waals surface area contributed by atoms with Crippen molar-refractivity contribution in [1.29, 1.82) is 0 Å². The zero-order valence-corrected chi connectivity index (χ0v) is 24.3. The van der Waals surface area contributed by atoms with Crippen molar-refractivity contribution in [3.63, 3.8) is 0 Å². The van der Waals surface area contributed by atoms with Crippen LogP contribution in [0.25, 0.3) is 0 Å². The van der Waals surface area contributed by atoms with E-state index in [4.69, 9.17) is 31.3 Å². The van der Waals surface area contributed by atoms with Gasteiger partial charge in [0.1, 0.15) is 11.6 Å². The fraction of sp³-hybridized carbons (Fsp3) is 0.263. The Bertz CT molecular complexity index is 1050. The number of nitrogens with zero attached hydrogens (tertiary/aromatic N) is 5. The molecule has 4 aromatic heterocycles. The molecule has 4 aromatic rings. The van der Waals surface area contributed by atoms with Gasteiger partial charge in [0, 0.05) is 37.7 Å². The summed E-state index contributed by atoms with van der Waals surface area (Å²) < 4.78 is 2.11. The van der Waals surface area contributed by atoms with Crippen molar-refractivity contribution in [2.24, 2.45) is 0 Å². The van der Waals surface area contributed by atoms with Crippen LogP contribution in [0.2, 0.25) is 0 Å². The lowest BCUT2D eigenvalue weighted by Crippen LogP contribution is -2.35. The molecule has 17 heteroatoms. The number of nitrogen functional groups attached to an aromatic ring is 1. The number of nitrogens with two attached hydrogens (primary N) is 1. The Labute approximate surface area is 237 Å². The standard InChI is InChI=1S/C12H17N4OS.C4H4OS.C3H3NS.ClH.NO3.H2S2/c1-8-11(3-4-17)18-7-16(8)6-10-5-14-9(2)15-12(10)13;5-4-2-1-3-6-4;1-2-5-3-4-1;;2-1(3)4;1-2/h5,7,17H,3-4,6H2,1-2H3,(H2,13,14,15);1-3,5H;1-3H;1H;;1-2H/q+1;;;;-1;. The zero-order chi connectivity index (χ0) is 26.6. The van der Waals surface area contributed by atoms with Crippen LogP contribution < -0.4 is 10.3 Å². The van der Waals surface area contributed by atoms with Crippen molar-refractivity contribution in [3.8, 4) is 5.06 Å². The molecule has 0 aliphatic carbocycles. The van der Waals surface area contributed by atoms with Crippen LogP contribution in [-0.4, -0.2) is 36.9 Å². The summed E-state index contributed by atoms with van der Waals surface area (Å²) in [5, 5.41) is 36.4. The van der Waals surface area contributed by atoms with Crippen LogP contribution in [0, 0.1) is 29.2 Å². The SMILES string of the molecule is Cc1ncc(C[n+]2csc(CCO)c2C)c(N)n1.Cl.O=[N+]([O-])[O-].Oc1cccs1.SS.c1cscn1. The maximum Gasteiger partial charge on any atom is 0.225 e. The molecule has 0 unspecified atom stereocenters. The molecule has 0 spiro atoms. The van der Waals surface area contributed by atoms with Crippen LogP contribution in [0.5, 0.6) is 5.06 Å². The first-order valence-electron chi connectivity index (χ1n) is 9.46. The van der Waals surface area contributed by atoms with E-state index in [1.807, 2.05) is 30.1 Å². The molecule has 0 aliphatic rings. The maximum absolute atomic E-state index is 8.98. The van der Waals surface area contributed by atoms with Crippen LogP contribution in [0.3, 0.4) is 0 Å². The Morgan fingerprint density at radius 3 is 2.28 bits per heavy atom. The monoisotopic (exact) mass is 614 g/mol. The molecule has 0 aromatic carbocycles. The fourth-order valence-electron chi connectivity index (χ4n) is 2.21. The number of anilines is 1. The summed E-state index contributed by atoms with van der Waals surface area (Å²) in [6.07, 6.45) is 4.24. The molecular formula is C19H27ClN6O5S5. The molecule has 0 radical (unpaired) electrons. The van der Waals surface area contributed by atoms with Gasteiger partial charge in [0.2, 0.25) is 5.51 Å². The van der Waals surface area contributed by atoms with Gasteiger partial charge in [-0.05, 0) is 24.4 Å². The van der Waals surface area contributed by atoms with Gasteiger partial charge in [-0.25, -0.2) is 9.97 Å². The summed E-state index contributed by atoms with van der Waals surface area (Å²) in [6.45, 7) is 4.71. The van der Waals surface area contributed by atoms with E-state index in [0.29, 0.717) is 29.7 Å². The van der Waals surface area contributed by atoms with Crippen molar-refractivity contribution in [2.45, 2.75) is 26.8 Å². The van der Waals surface area contributed by atoms with Gasteiger partial charge in [0.05, 0.1) is 21.0 Å². The second kappa shape index (κ2) is 22.0. The highest BCUT2D eigenvalue weighted by Gasteiger charge is 2.16. The first-order valence-corrected chi connectivity index (χ1v) is 13.8. The molecule has 4 N–H and O–H groups in total. The lowest BCUT2D eigenvalue weighted by molar-refractivity contribution is -0.689. The highest BCUT2D eigenvalue weighted by molar-refractivity contribution is 8.59. The highest BCUT2D eigenvalue weighted by Crippen LogP contribution is 2.14. The fourth-order valence-corrected chi connectivity index (χ4v) is 4.00. The molecule has 0 aliphatic heterocycles.